The molecule has 27 heavy (non-hydrogen) atoms. The molecule has 0 spiro atoms. The Kier molecular flexibility index (Phi) is 5.61. The van der Waals surface area contributed by atoms with E-state index in [1.54, 1.807) is 25.3 Å². The van der Waals surface area contributed by atoms with E-state index in [1.165, 1.54) is 0 Å². The van der Waals surface area contributed by atoms with Crippen molar-refractivity contribution in [3.8, 4) is 11.5 Å². The largest absolute Gasteiger partial charge is 0.495 e. The number of aryl methyl sites for hydroxylation is 2. The second-order valence-electron chi connectivity index (χ2n) is 6.13. The molecule has 3 aromatic rings. The summed E-state index contributed by atoms with van der Waals surface area (Å²) in [5.41, 5.74) is 3.18. The summed E-state index contributed by atoms with van der Waals surface area (Å²) in [5.74, 6) is 1.19. The lowest BCUT2D eigenvalue weighted by Gasteiger charge is -2.11. The van der Waals surface area contributed by atoms with Gasteiger partial charge in [-0.3, -0.25) is 4.79 Å². The van der Waals surface area contributed by atoms with Crippen LogP contribution in [0.2, 0.25) is 5.02 Å². The number of carbonyl (C=O) groups excluding carboxylic acids is 1. The summed E-state index contributed by atoms with van der Waals surface area (Å²) in [4.78, 5) is 13.0. The van der Waals surface area contributed by atoms with Gasteiger partial charge >= 0.3 is 0 Å². The van der Waals surface area contributed by atoms with Crippen molar-refractivity contribution in [1.29, 1.82) is 0 Å². The fourth-order valence-corrected chi connectivity index (χ4v) is 3.57. The molecule has 0 saturated heterocycles. The maximum atomic E-state index is 13.0. The van der Waals surface area contributed by atoms with E-state index in [0.717, 1.165) is 22.2 Å². The summed E-state index contributed by atoms with van der Waals surface area (Å²) in [6, 6.07) is 11.1. The van der Waals surface area contributed by atoms with E-state index < -0.39 is 0 Å². The molecule has 1 aromatic heterocycles. The third-order valence-corrected chi connectivity index (χ3v) is 4.84. The number of aromatic nitrogens is 1. The number of rotatable bonds is 6. The predicted octanol–water partition coefficient (Wildman–Crippen LogP) is 5.28. The molecule has 6 heteroatoms. The monoisotopic (exact) mass is 386 g/mol. The van der Waals surface area contributed by atoms with Crippen LogP contribution in [-0.4, -0.2) is 24.2 Å². The van der Waals surface area contributed by atoms with Crippen LogP contribution in [0, 0.1) is 6.92 Å². The Hall–Kier alpha value is -2.66. The van der Waals surface area contributed by atoms with E-state index in [0.29, 0.717) is 35.3 Å². The number of halogens is 1. The molecular formula is C21H23ClN2O3. The van der Waals surface area contributed by atoms with Gasteiger partial charge in [0, 0.05) is 23.1 Å². The first-order chi connectivity index (χ1) is 13.0. The zero-order valence-corrected chi connectivity index (χ0v) is 16.7. The number of carbonyl (C=O) groups is 1. The second kappa shape index (κ2) is 7.92. The number of hydrogen-bond donors (Lipinski definition) is 1. The van der Waals surface area contributed by atoms with Crippen LogP contribution in [0.3, 0.4) is 0 Å². The van der Waals surface area contributed by atoms with Crippen molar-refractivity contribution in [1.82, 2.24) is 4.57 Å². The molecule has 2 aromatic carbocycles. The molecule has 1 heterocycles. The van der Waals surface area contributed by atoms with E-state index in [9.17, 15) is 4.79 Å². The molecule has 1 amide bonds. The maximum absolute atomic E-state index is 13.0. The van der Waals surface area contributed by atoms with Crippen molar-refractivity contribution in [3.05, 3.63) is 52.7 Å². The SMILES string of the molecule is CCOc1ccc2c(c1)c(C)c(C(=O)Nc1ccc(OC)c(Cl)c1)n2CC. The number of amides is 1. The Balaban J connectivity index is 2.00. The van der Waals surface area contributed by atoms with Crippen LogP contribution in [0.1, 0.15) is 29.9 Å². The minimum atomic E-state index is -0.176. The minimum Gasteiger partial charge on any atom is -0.495 e. The molecule has 142 valence electrons. The summed E-state index contributed by atoms with van der Waals surface area (Å²) in [7, 11) is 1.55. The van der Waals surface area contributed by atoms with Crippen molar-refractivity contribution < 1.29 is 14.3 Å². The van der Waals surface area contributed by atoms with Gasteiger partial charge in [-0.05, 0) is 62.7 Å². The predicted molar refractivity (Wildman–Crippen MR) is 109 cm³/mol. The molecule has 5 nitrogen and oxygen atoms in total. The molecule has 0 aliphatic heterocycles. The molecule has 0 aliphatic carbocycles. The number of benzene rings is 2. The highest BCUT2D eigenvalue weighted by Gasteiger charge is 2.20. The van der Waals surface area contributed by atoms with Gasteiger partial charge in [-0.1, -0.05) is 11.6 Å². The number of nitrogens with one attached hydrogen (secondary N) is 1. The van der Waals surface area contributed by atoms with Crippen LogP contribution in [0.4, 0.5) is 5.69 Å². The highest BCUT2D eigenvalue weighted by atomic mass is 35.5. The van der Waals surface area contributed by atoms with Crippen molar-refractivity contribution >= 4 is 34.1 Å². The summed E-state index contributed by atoms with van der Waals surface area (Å²) in [5, 5.41) is 4.40. The molecular weight excluding hydrogens is 364 g/mol. The normalized spacial score (nSPS) is 10.9. The first-order valence-corrected chi connectivity index (χ1v) is 9.28. The van der Waals surface area contributed by atoms with Crippen molar-refractivity contribution in [2.45, 2.75) is 27.3 Å². The van der Waals surface area contributed by atoms with Crippen molar-refractivity contribution in [2.24, 2.45) is 0 Å². The smallest absolute Gasteiger partial charge is 0.272 e. The average molecular weight is 387 g/mol. The van der Waals surface area contributed by atoms with Gasteiger partial charge in [-0.15, -0.1) is 0 Å². The quantitative estimate of drug-likeness (QED) is 0.626. The summed E-state index contributed by atoms with van der Waals surface area (Å²) in [6.07, 6.45) is 0. The zero-order chi connectivity index (χ0) is 19.6. The number of hydrogen-bond acceptors (Lipinski definition) is 3. The molecule has 0 unspecified atom stereocenters. The molecule has 0 radical (unpaired) electrons. The second-order valence-corrected chi connectivity index (χ2v) is 6.54. The van der Waals surface area contributed by atoms with Crippen LogP contribution in [-0.2, 0) is 6.54 Å². The van der Waals surface area contributed by atoms with Crippen LogP contribution in [0.15, 0.2) is 36.4 Å². The molecule has 0 atom stereocenters. The van der Waals surface area contributed by atoms with Gasteiger partial charge in [-0.25, -0.2) is 0 Å². The van der Waals surface area contributed by atoms with Crippen LogP contribution >= 0.6 is 11.6 Å². The van der Waals surface area contributed by atoms with Gasteiger partial charge in [0.1, 0.15) is 17.2 Å². The van der Waals surface area contributed by atoms with E-state index in [4.69, 9.17) is 21.1 Å². The number of anilines is 1. The highest BCUT2D eigenvalue weighted by Crippen LogP contribution is 2.31. The molecule has 0 aliphatic rings. The van der Waals surface area contributed by atoms with Gasteiger partial charge in [0.25, 0.3) is 5.91 Å². The minimum absolute atomic E-state index is 0.176. The van der Waals surface area contributed by atoms with Gasteiger partial charge in [-0.2, -0.15) is 0 Å². The third kappa shape index (κ3) is 3.60. The fourth-order valence-electron chi connectivity index (χ4n) is 3.31. The van der Waals surface area contributed by atoms with Crippen LogP contribution in [0.5, 0.6) is 11.5 Å². The van der Waals surface area contributed by atoms with Crippen LogP contribution in [0.25, 0.3) is 10.9 Å². The summed E-state index contributed by atoms with van der Waals surface area (Å²) >= 11 is 6.16. The number of ether oxygens (including phenoxy) is 2. The molecule has 3 rings (SSSR count). The van der Waals surface area contributed by atoms with Crippen LogP contribution < -0.4 is 14.8 Å². The molecule has 0 saturated carbocycles. The first kappa shape index (κ1) is 19.1. The lowest BCUT2D eigenvalue weighted by molar-refractivity contribution is 0.101. The van der Waals surface area contributed by atoms with E-state index in [2.05, 4.69) is 5.32 Å². The number of fused-ring (bicyclic) bond motifs is 1. The number of methoxy groups -OCH3 is 1. The van der Waals surface area contributed by atoms with E-state index in [1.807, 2.05) is 43.5 Å². The Morgan fingerprint density at radius 1 is 1.19 bits per heavy atom. The average Bonchev–Trinajstić information content (AvgIpc) is 2.94. The topological polar surface area (TPSA) is 52.5 Å². The standard InChI is InChI=1S/C21H23ClN2O3/c1-5-24-18-9-8-15(27-6-2)12-16(18)13(3)20(24)21(25)23-14-7-10-19(26-4)17(22)11-14/h7-12H,5-6H2,1-4H3,(H,23,25). The van der Waals surface area contributed by atoms with Gasteiger partial charge in [0.05, 0.1) is 18.7 Å². The molecule has 0 bridgehead atoms. The summed E-state index contributed by atoms with van der Waals surface area (Å²) < 4.78 is 12.8. The lowest BCUT2D eigenvalue weighted by atomic mass is 10.1. The molecule has 0 fully saturated rings. The fraction of sp³-hybridized carbons (Fsp3) is 0.286. The zero-order valence-electron chi connectivity index (χ0n) is 15.9. The van der Waals surface area contributed by atoms with Gasteiger partial charge in [0.15, 0.2) is 0 Å². The van der Waals surface area contributed by atoms with Crippen molar-refractivity contribution in [2.75, 3.05) is 19.0 Å². The highest BCUT2D eigenvalue weighted by molar-refractivity contribution is 6.32. The maximum Gasteiger partial charge on any atom is 0.272 e. The van der Waals surface area contributed by atoms with E-state index in [-0.39, 0.29) is 5.91 Å². The first-order valence-electron chi connectivity index (χ1n) is 8.90. The summed E-state index contributed by atoms with van der Waals surface area (Å²) in [6.45, 7) is 7.22. The molecule has 1 N–H and O–H groups in total. The lowest BCUT2D eigenvalue weighted by Crippen LogP contribution is -2.17. The van der Waals surface area contributed by atoms with Gasteiger partial charge < -0.3 is 19.4 Å². The Bertz CT molecular complexity index is 995. The third-order valence-electron chi connectivity index (χ3n) is 4.54. The van der Waals surface area contributed by atoms with Crippen molar-refractivity contribution in [3.63, 3.8) is 0 Å². The van der Waals surface area contributed by atoms with Gasteiger partial charge in [0.2, 0.25) is 0 Å². The Labute approximate surface area is 163 Å². The van der Waals surface area contributed by atoms with E-state index >= 15 is 0 Å². The Morgan fingerprint density at radius 3 is 2.59 bits per heavy atom. The Morgan fingerprint density at radius 2 is 1.96 bits per heavy atom. The number of nitrogens with zero attached hydrogens (tertiary/aromatic N) is 1.